The maximum Gasteiger partial charge on any atom is 0.266 e. The van der Waals surface area contributed by atoms with Crippen LogP contribution in [0.25, 0.3) is 11.3 Å². The Hall–Kier alpha value is -3.68. The minimum Gasteiger partial charge on any atom is -0.490 e. The Labute approximate surface area is 167 Å². The predicted octanol–water partition coefficient (Wildman–Crippen LogP) is 4.24. The maximum atomic E-state index is 13.8. The van der Waals surface area contributed by atoms with E-state index in [1.54, 1.807) is 49.4 Å². The molecule has 0 radical (unpaired) electrons. The lowest BCUT2D eigenvalue weighted by atomic mass is 10.1. The second-order valence-corrected chi connectivity index (χ2v) is 6.02. The Morgan fingerprint density at radius 1 is 1.24 bits per heavy atom. The van der Waals surface area contributed by atoms with Crippen LogP contribution in [0.4, 0.5) is 10.2 Å². The van der Waals surface area contributed by atoms with Crippen molar-refractivity contribution in [2.75, 3.05) is 11.9 Å². The molecule has 7 nitrogen and oxygen atoms in total. The van der Waals surface area contributed by atoms with Crippen LogP contribution in [0.5, 0.6) is 11.5 Å². The van der Waals surface area contributed by atoms with Gasteiger partial charge in [0.05, 0.1) is 0 Å². The number of hydrogen-bond donors (Lipinski definition) is 1. The maximum absolute atomic E-state index is 13.8. The molecule has 1 amide bonds. The Morgan fingerprint density at radius 2 is 2.00 bits per heavy atom. The van der Waals surface area contributed by atoms with Gasteiger partial charge in [0, 0.05) is 5.56 Å². The second-order valence-electron chi connectivity index (χ2n) is 6.02. The highest BCUT2D eigenvalue weighted by Crippen LogP contribution is 2.27. The van der Waals surface area contributed by atoms with Crippen molar-refractivity contribution in [1.82, 2.24) is 10.3 Å². The topological polar surface area (TPSA) is 86.5 Å². The van der Waals surface area contributed by atoms with Crippen LogP contribution in [0, 0.1) is 5.82 Å². The Bertz CT molecular complexity index is 972. The standard InChI is InChI=1S/C21H20FN3O4/c1-3-13-27-15-11-9-14(10-12-15)19-20(25-29-24-19)23-21(26)17(4-2)28-18-8-6-5-7-16(18)22/h3,5-12,17H,1,4,13H2,2H3,(H,23,25,26)/t17-/m1/s1. The first-order valence-corrected chi connectivity index (χ1v) is 9.01. The van der Waals surface area contributed by atoms with Gasteiger partial charge in [-0.3, -0.25) is 4.79 Å². The Kier molecular flexibility index (Phi) is 6.57. The lowest BCUT2D eigenvalue weighted by molar-refractivity contribution is -0.122. The summed E-state index contributed by atoms with van der Waals surface area (Å²) < 4.78 is 29.6. The number of anilines is 1. The van der Waals surface area contributed by atoms with Crippen molar-refractivity contribution in [3.8, 4) is 22.8 Å². The summed E-state index contributed by atoms with van der Waals surface area (Å²) in [6.45, 7) is 5.75. The van der Waals surface area contributed by atoms with Crippen LogP contribution in [0.1, 0.15) is 13.3 Å². The minimum atomic E-state index is -0.911. The average Bonchev–Trinajstić information content (AvgIpc) is 3.20. The molecule has 150 valence electrons. The summed E-state index contributed by atoms with van der Waals surface area (Å²) in [6, 6.07) is 13.0. The predicted molar refractivity (Wildman–Crippen MR) is 105 cm³/mol. The van der Waals surface area contributed by atoms with E-state index in [0.717, 1.165) is 0 Å². The number of ether oxygens (including phenoxy) is 2. The van der Waals surface area contributed by atoms with E-state index in [-0.39, 0.29) is 11.6 Å². The largest absolute Gasteiger partial charge is 0.490 e. The lowest BCUT2D eigenvalue weighted by Gasteiger charge is -2.17. The highest BCUT2D eigenvalue weighted by Gasteiger charge is 2.23. The molecule has 0 spiro atoms. The molecule has 0 unspecified atom stereocenters. The van der Waals surface area contributed by atoms with Crippen molar-refractivity contribution < 1.29 is 23.3 Å². The number of amides is 1. The van der Waals surface area contributed by atoms with Gasteiger partial charge < -0.3 is 14.8 Å². The molecule has 2 aromatic carbocycles. The fourth-order valence-electron chi connectivity index (χ4n) is 2.54. The summed E-state index contributed by atoms with van der Waals surface area (Å²) in [6.07, 6.45) is 1.07. The number of halogens is 1. The average molecular weight is 397 g/mol. The van der Waals surface area contributed by atoms with Crippen molar-refractivity contribution >= 4 is 11.7 Å². The van der Waals surface area contributed by atoms with Gasteiger partial charge in [0.1, 0.15) is 12.4 Å². The summed E-state index contributed by atoms with van der Waals surface area (Å²) in [5, 5.41) is 10.2. The molecular formula is C21H20FN3O4. The van der Waals surface area contributed by atoms with Gasteiger partial charge in [-0.15, -0.1) is 0 Å². The molecule has 3 rings (SSSR count). The number of para-hydroxylation sites is 1. The molecule has 0 aliphatic heterocycles. The molecule has 0 bridgehead atoms. The molecule has 1 atom stereocenters. The van der Waals surface area contributed by atoms with Crippen LogP contribution in [0.2, 0.25) is 0 Å². The number of rotatable bonds is 9. The summed E-state index contributed by atoms with van der Waals surface area (Å²) in [5.74, 6) is -0.214. The van der Waals surface area contributed by atoms with Gasteiger partial charge >= 0.3 is 0 Å². The molecule has 0 aliphatic carbocycles. The van der Waals surface area contributed by atoms with Gasteiger partial charge in [0.15, 0.2) is 23.4 Å². The molecule has 1 heterocycles. The number of aromatic nitrogens is 2. The molecule has 0 fully saturated rings. The highest BCUT2D eigenvalue weighted by atomic mass is 19.1. The van der Waals surface area contributed by atoms with Gasteiger partial charge in [-0.25, -0.2) is 9.02 Å². The summed E-state index contributed by atoms with van der Waals surface area (Å²) >= 11 is 0. The zero-order valence-corrected chi connectivity index (χ0v) is 15.8. The fraction of sp³-hybridized carbons (Fsp3) is 0.190. The van der Waals surface area contributed by atoms with Gasteiger partial charge in [-0.1, -0.05) is 31.7 Å². The van der Waals surface area contributed by atoms with E-state index in [1.807, 2.05) is 0 Å². The van der Waals surface area contributed by atoms with Crippen LogP contribution in [0.15, 0.2) is 65.8 Å². The number of carbonyl (C=O) groups excluding carboxylic acids is 1. The number of nitrogens with one attached hydrogen (secondary N) is 1. The third kappa shape index (κ3) is 4.98. The zero-order chi connectivity index (χ0) is 20.6. The highest BCUT2D eigenvalue weighted by molar-refractivity contribution is 5.96. The molecule has 29 heavy (non-hydrogen) atoms. The van der Waals surface area contributed by atoms with E-state index in [9.17, 15) is 9.18 Å². The smallest absolute Gasteiger partial charge is 0.266 e. The Balaban J connectivity index is 1.72. The molecule has 0 saturated heterocycles. The summed E-state index contributed by atoms with van der Waals surface area (Å²) in [5.41, 5.74) is 1.03. The van der Waals surface area contributed by atoms with Gasteiger partial charge in [-0.05, 0) is 53.1 Å². The van der Waals surface area contributed by atoms with Crippen molar-refractivity contribution in [3.05, 3.63) is 67.0 Å². The zero-order valence-electron chi connectivity index (χ0n) is 15.8. The lowest BCUT2D eigenvalue weighted by Crippen LogP contribution is -2.32. The number of nitrogens with zero attached hydrogens (tertiary/aromatic N) is 2. The summed E-state index contributed by atoms with van der Waals surface area (Å²) in [4.78, 5) is 12.6. The van der Waals surface area contributed by atoms with Crippen molar-refractivity contribution in [2.45, 2.75) is 19.4 Å². The Morgan fingerprint density at radius 3 is 2.69 bits per heavy atom. The van der Waals surface area contributed by atoms with Crippen LogP contribution in [0.3, 0.4) is 0 Å². The minimum absolute atomic E-state index is 0.00288. The van der Waals surface area contributed by atoms with Crippen LogP contribution < -0.4 is 14.8 Å². The molecule has 1 N–H and O–H groups in total. The van der Waals surface area contributed by atoms with Crippen molar-refractivity contribution in [1.29, 1.82) is 0 Å². The van der Waals surface area contributed by atoms with Crippen molar-refractivity contribution in [2.24, 2.45) is 0 Å². The molecule has 0 saturated carbocycles. The van der Waals surface area contributed by atoms with Crippen molar-refractivity contribution in [3.63, 3.8) is 0 Å². The van der Waals surface area contributed by atoms with Gasteiger partial charge in [0.25, 0.3) is 5.91 Å². The number of benzene rings is 2. The van der Waals surface area contributed by atoms with E-state index < -0.39 is 17.8 Å². The molecule has 0 aliphatic rings. The normalized spacial score (nSPS) is 11.5. The van der Waals surface area contributed by atoms with Gasteiger partial charge in [0.2, 0.25) is 5.82 Å². The fourth-order valence-corrected chi connectivity index (χ4v) is 2.54. The van der Waals surface area contributed by atoms with Crippen LogP contribution >= 0.6 is 0 Å². The summed E-state index contributed by atoms with van der Waals surface area (Å²) in [7, 11) is 0. The third-order valence-corrected chi connectivity index (χ3v) is 3.99. The van der Waals surface area contributed by atoms with E-state index >= 15 is 0 Å². The first-order valence-electron chi connectivity index (χ1n) is 9.01. The first-order chi connectivity index (χ1) is 14.1. The quantitative estimate of drug-likeness (QED) is 0.544. The van der Waals surface area contributed by atoms with E-state index in [1.165, 1.54) is 12.1 Å². The van der Waals surface area contributed by atoms with Crippen LogP contribution in [-0.2, 0) is 4.79 Å². The van der Waals surface area contributed by atoms with E-state index in [4.69, 9.17) is 14.1 Å². The van der Waals surface area contributed by atoms with E-state index in [0.29, 0.717) is 30.0 Å². The molecular weight excluding hydrogens is 377 g/mol. The number of carbonyl (C=O) groups is 1. The molecule has 8 heteroatoms. The first kappa shape index (κ1) is 20.1. The molecule has 1 aromatic heterocycles. The third-order valence-electron chi connectivity index (χ3n) is 3.99. The molecule has 3 aromatic rings. The monoisotopic (exact) mass is 397 g/mol. The van der Waals surface area contributed by atoms with E-state index in [2.05, 4.69) is 22.2 Å². The van der Waals surface area contributed by atoms with Crippen LogP contribution in [-0.4, -0.2) is 28.9 Å². The van der Waals surface area contributed by atoms with Gasteiger partial charge in [-0.2, -0.15) is 0 Å². The number of hydrogen-bond acceptors (Lipinski definition) is 6. The second kappa shape index (κ2) is 9.50. The SMILES string of the molecule is C=CCOc1ccc(-c2nonc2NC(=O)[C@@H](CC)Oc2ccccc2F)cc1.